The lowest BCUT2D eigenvalue weighted by atomic mass is 10.1. The second-order valence-electron chi connectivity index (χ2n) is 4.82. The van der Waals surface area contributed by atoms with Gasteiger partial charge in [-0.25, -0.2) is 0 Å². The maximum atomic E-state index is 9.20. The van der Waals surface area contributed by atoms with E-state index in [1.165, 1.54) is 0 Å². The predicted molar refractivity (Wildman–Crippen MR) is 84.3 cm³/mol. The molecule has 1 aromatic carbocycles. The molecule has 0 atom stereocenters. The number of aryl methyl sites for hydroxylation is 1. The minimum absolute atomic E-state index is 0.570. The van der Waals surface area contributed by atoms with Gasteiger partial charge in [0.1, 0.15) is 11.6 Å². The maximum absolute atomic E-state index is 9.20. The van der Waals surface area contributed by atoms with E-state index in [9.17, 15) is 5.26 Å². The largest absolute Gasteiger partial charge is 0.385 e. The normalized spacial score (nSPS) is 9.95. The van der Waals surface area contributed by atoms with Crippen LogP contribution in [0.5, 0.6) is 0 Å². The van der Waals surface area contributed by atoms with Crippen LogP contribution in [-0.2, 0) is 0 Å². The van der Waals surface area contributed by atoms with Crippen LogP contribution in [0.1, 0.15) is 23.2 Å². The number of nitrogens with zero attached hydrogens (tertiary/aromatic N) is 3. The van der Waals surface area contributed by atoms with Gasteiger partial charge in [0.2, 0.25) is 0 Å². The van der Waals surface area contributed by atoms with Gasteiger partial charge in [0.05, 0.1) is 5.69 Å². The molecule has 0 unspecified atom stereocenters. The molecular weight excluding hydrogens is 262 g/mol. The summed E-state index contributed by atoms with van der Waals surface area (Å²) in [6.45, 7) is 5.35. The smallest absolute Gasteiger partial charge is 0.166 e. The zero-order valence-electron chi connectivity index (χ0n) is 12.3. The van der Waals surface area contributed by atoms with Crippen molar-refractivity contribution in [3.05, 3.63) is 47.2 Å². The standard InChI is InChI=1S/C16H19N5/c1-12-13(2)20-21-16(15(12)11-17)19-10-6-9-18-14-7-4-3-5-8-14/h3-5,7-8,18H,6,9-10H2,1-2H3,(H,19,21). The van der Waals surface area contributed by atoms with Crippen LogP contribution in [0.4, 0.5) is 11.5 Å². The zero-order valence-corrected chi connectivity index (χ0v) is 12.3. The molecular formula is C16H19N5. The minimum atomic E-state index is 0.570. The molecule has 5 heteroatoms. The number of nitriles is 1. The van der Waals surface area contributed by atoms with Crippen molar-refractivity contribution in [1.82, 2.24) is 10.2 Å². The molecule has 1 aromatic heterocycles. The van der Waals surface area contributed by atoms with Crippen LogP contribution in [0.15, 0.2) is 30.3 Å². The molecule has 0 spiro atoms. The molecule has 21 heavy (non-hydrogen) atoms. The summed E-state index contributed by atoms with van der Waals surface area (Å²) in [6, 6.07) is 12.3. The Bertz CT molecular complexity index is 631. The van der Waals surface area contributed by atoms with Gasteiger partial charge < -0.3 is 10.6 Å². The first-order chi connectivity index (χ1) is 10.2. The molecule has 1 heterocycles. The lowest BCUT2D eigenvalue weighted by Gasteiger charge is -2.10. The summed E-state index contributed by atoms with van der Waals surface area (Å²) in [5, 5.41) is 23.8. The first-order valence-electron chi connectivity index (χ1n) is 6.99. The number of para-hydroxylation sites is 1. The van der Waals surface area contributed by atoms with Crippen LogP contribution in [0, 0.1) is 25.2 Å². The molecule has 0 aliphatic heterocycles. The molecule has 0 saturated carbocycles. The first kappa shape index (κ1) is 14.8. The van der Waals surface area contributed by atoms with Gasteiger partial charge in [-0.1, -0.05) is 18.2 Å². The molecule has 0 bridgehead atoms. The molecule has 2 N–H and O–H groups in total. The Morgan fingerprint density at radius 1 is 1.05 bits per heavy atom. The third-order valence-electron chi connectivity index (χ3n) is 3.32. The van der Waals surface area contributed by atoms with Gasteiger partial charge in [0.25, 0.3) is 0 Å². The van der Waals surface area contributed by atoms with Crippen molar-refractivity contribution in [2.75, 3.05) is 23.7 Å². The minimum Gasteiger partial charge on any atom is -0.385 e. The van der Waals surface area contributed by atoms with E-state index in [1.54, 1.807) is 0 Å². The maximum Gasteiger partial charge on any atom is 0.166 e. The van der Waals surface area contributed by atoms with Gasteiger partial charge in [0, 0.05) is 18.8 Å². The Morgan fingerprint density at radius 2 is 1.76 bits per heavy atom. The number of aromatic nitrogens is 2. The molecule has 0 amide bonds. The van der Waals surface area contributed by atoms with Gasteiger partial charge in [0.15, 0.2) is 5.82 Å². The number of anilines is 2. The van der Waals surface area contributed by atoms with Crippen LogP contribution in [0.25, 0.3) is 0 Å². The molecule has 2 aromatic rings. The quantitative estimate of drug-likeness (QED) is 0.796. The Labute approximate surface area is 125 Å². The molecule has 0 aliphatic carbocycles. The Kier molecular flexibility index (Phi) is 5.10. The highest BCUT2D eigenvalue weighted by Gasteiger charge is 2.09. The van der Waals surface area contributed by atoms with E-state index in [0.29, 0.717) is 11.4 Å². The lowest BCUT2D eigenvalue weighted by Crippen LogP contribution is -2.12. The second kappa shape index (κ2) is 7.25. The van der Waals surface area contributed by atoms with E-state index in [1.807, 2.05) is 44.2 Å². The van der Waals surface area contributed by atoms with Gasteiger partial charge >= 0.3 is 0 Å². The Morgan fingerprint density at radius 3 is 2.48 bits per heavy atom. The summed E-state index contributed by atoms with van der Waals surface area (Å²) in [6.07, 6.45) is 0.925. The summed E-state index contributed by atoms with van der Waals surface area (Å²) < 4.78 is 0. The fourth-order valence-electron chi connectivity index (χ4n) is 1.95. The van der Waals surface area contributed by atoms with Gasteiger partial charge in [-0.15, -0.1) is 5.10 Å². The Balaban J connectivity index is 1.82. The summed E-state index contributed by atoms with van der Waals surface area (Å²) in [5.74, 6) is 0.570. The van der Waals surface area contributed by atoms with Crippen LogP contribution in [0.2, 0.25) is 0 Å². The van der Waals surface area contributed by atoms with Crippen molar-refractivity contribution in [3.8, 4) is 6.07 Å². The predicted octanol–water partition coefficient (Wildman–Crippen LogP) is 2.88. The third kappa shape index (κ3) is 3.93. The van der Waals surface area contributed by atoms with E-state index in [-0.39, 0.29) is 0 Å². The SMILES string of the molecule is Cc1nnc(NCCCNc2ccccc2)c(C#N)c1C. The topological polar surface area (TPSA) is 73.6 Å². The van der Waals surface area contributed by atoms with E-state index < -0.39 is 0 Å². The highest BCUT2D eigenvalue weighted by molar-refractivity contribution is 5.55. The van der Waals surface area contributed by atoms with E-state index in [0.717, 1.165) is 36.5 Å². The average molecular weight is 281 g/mol. The number of nitrogens with one attached hydrogen (secondary N) is 2. The molecule has 0 radical (unpaired) electrons. The van der Waals surface area contributed by atoms with E-state index in [2.05, 4.69) is 26.9 Å². The van der Waals surface area contributed by atoms with Crippen LogP contribution < -0.4 is 10.6 Å². The highest BCUT2D eigenvalue weighted by atomic mass is 15.2. The summed E-state index contributed by atoms with van der Waals surface area (Å²) in [7, 11) is 0. The molecule has 0 fully saturated rings. The van der Waals surface area contributed by atoms with Crippen LogP contribution in [0.3, 0.4) is 0 Å². The van der Waals surface area contributed by atoms with Crippen molar-refractivity contribution in [3.63, 3.8) is 0 Å². The van der Waals surface area contributed by atoms with Crippen LogP contribution in [-0.4, -0.2) is 23.3 Å². The second-order valence-corrected chi connectivity index (χ2v) is 4.82. The molecule has 0 saturated heterocycles. The van der Waals surface area contributed by atoms with Crippen molar-refractivity contribution in [2.24, 2.45) is 0 Å². The number of hydrogen-bond acceptors (Lipinski definition) is 5. The molecule has 0 aliphatic rings. The number of hydrogen-bond donors (Lipinski definition) is 2. The third-order valence-corrected chi connectivity index (χ3v) is 3.32. The number of rotatable bonds is 6. The first-order valence-corrected chi connectivity index (χ1v) is 6.99. The fourth-order valence-corrected chi connectivity index (χ4v) is 1.95. The Hall–Kier alpha value is -2.61. The lowest BCUT2D eigenvalue weighted by molar-refractivity contribution is 0.882. The van der Waals surface area contributed by atoms with Crippen molar-refractivity contribution < 1.29 is 0 Å². The zero-order chi connectivity index (χ0) is 15.1. The van der Waals surface area contributed by atoms with E-state index in [4.69, 9.17) is 0 Å². The summed E-state index contributed by atoms with van der Waals surface area (Å²) in [5.41, 5.74) is 3.37. The van der Waals surface area contributed by atoms with Gasteiger partial charge in [-0.05, 0) is 38.0 Å². The fraction of sp³-hybridized carbons (Fsp3) is 0.312. The van der Waals surface area contributed by atoms with Crippen molar-refractivity contribution >= 4 is 11.5 Å². The summed E-state index contributed by atoms with van der Waals surface area (Å²) in [4.78, 5) is 0. The number of benzene rings is 1. The van der Waals surface area contributed by atoms with Crippen LogP contribution >= 0.6 is 0 Å². The van der Waals surface area contributed by atoms with Gasteiger partial charge in [-0.2, -0.15) is 10.4 Å². The van der Waals surface area contributed by atoms with Crippen molar-refractivity contribution in [2.45, 2.75) is 20.3 Å². The monoisotopic (exact) mass is 281 g/mol. The molecule has 108 valence electrons. The van der Waals surface area contributed by atoms with E-state index >= 15 is 0 Å². The molecule has 2 rings (SSSR count). The average Bonchev–Trinajstić information content (AvgIpc) is 2.51. The summed E-state index contributed by atoms with van der Waals surface area (Å²) >= 11 is 0. The van der Waals surface area contributed by atoms with Gasteiger partial charge in [-0.3, -0.25) is 0 Å². The van der Waals surface area contributed by atoms with Crippen molar-refractivity contribution in [1.29, 1.82) is 5.26 Å². The molecule has 5 nitrogen and oxygen atoms in total. The highest BCUT2D eigenvalue weighted by Crippen LogP contribution is 2.16.